The summed E-state index contributed by atoms with van der Waals surface area (Å²) in [5, 5.41) is 18.0. The minimum atomic E-state index is -0.959. The molecule has 1 amide bonds. The Morgan fingerprint density at radius 2 is 2.08 bits per heavy atom. The summed E-state index contributed by atoms with van der Waals surface area (Å²) in [7, 11) is 0. The molecule has 1 aliphatic rings. The lowest BCUT2D eigenvalue weighted by atomic mass is 9.87. The van der Waals surface area contributed by atoms with Crippen LogP contribution in [0.4, 0.5) is 0 Å². The average Bonchev–Trinajstić information content (AvgIpc) is 3.03. The molecule has 0 unspecified atom stereocenters. The predicted octanol–water partition coefficient (Wildman–Crippen LogP) is 2.44. The van der Waals surface area contributed by atoms with Gasteiger partial charge in [-0.15, -0.1) is 0 Å². The maximum atomic E-state index is 12.6. The Kier molecular flexibility index (Phi) is 4.90. The van der Waals surface area contributed by atoms with Gasteiger partial charge in [0, 0.05) is 25.0 Å². The molecule has 2 aromatic rings. The predicted molar refractivity (Wildman–Crippen MR) is 95.1 cm³/mol. The first-order valence-corrected chi connectivity index (χ1v) is 8.86. The molecule has 2 aromatic heterocycles. The van der Waals surface area contributed by atoms with Crippen molar-refractivity contribution in [1.82, 2.24) is 20.1 Å². The number of carbonyl (C=O) groups excluding carboxylic acids is 1. The number of likely N-dealkylation sites (tertiary alicyclic amines) is 1. The summed E-state index contributed by atoms with van der Waals surface area (Å²) in [5.74, 6) is 0.431. The van der Waals surface area contributed by atoms with E-state index in [9.17, 15) is 9.90 Å². The van der Waals surface area contributed by atoms with Gasteiger partial charge in [0.2, 0.25) is 0 Å². The Morgan fingerprint density at radius 3 is 2.68 bits per heavy atom. The van der Waals surface area contributed by atoms with Crippen LogP contribution in [-0.4, -0.2) is 44.2 Å². The fraction of sp³-hybridized carbons (Fsp3) is 0.526. The summed E-state index contributed by atoms with van der Waals surface area (Å²) in [6, 6.07) is 5.67. The van der Waals surface area contributed by atoms with Crippen molar-refractivity contribution in [3.63, 3.8) is 0 Å². The number of carbonyl (C=O) groups is 1. The lowest BCUT2D eigenvalue weighted by Crippen LogP contribution is -2.45. The number of piperidine rings is 1. The van der Waals surface area contributed by atoms with Crippen LogP contribution in [0.15, 0.2) is 24.4 Å². The Hall–Kier alpha value is -2.21. The van der Waals surface area contributed by atoms with Gasteiger partial charge in [-0.2, -0.15) is 5.10 Å². The van der Waals surface area contributed by atoms with Crippen LogP contribution in [0, 0.1) is 12.8 Å². The summed E-state index contributed by atoms with van der Waals surface area (Å²) in [5.41, 5.74) is 2.23. The van der Waals surface area contributed by atoms with Gasteiger partial charge in [-0.05, 0) is 49.8 Å². The van der Waals surface area contributed by atoms with Crippen molar-refractivity contribution in [2.24, 2.45) is 5.92 Å². The van der Waals surface area contributed by atoms with Gasteiger partial charge in [0.25, 0.3) is 5.91 Å². The zero-order valence-electron chi connectivity index (χ0n) is 15.1. The summed E-state index contributed by atoms with van der Waals surface area (Å²) < 4.78 is 0. The maximum Gasteiger partial charge on any atom is 0.274 e. The second-order valence-electron chi connectivity index (χ2n) is 7.42. The van der Waals surface area contributed by atoms with Gasteiger partial charge in [-0.3, -0.25) is 14.9 Å². The highest BCUT2D eigenvalue weighted by atomic mass is 16.3. The van der Waals surface area contributed by atoms with E-state index in [1.807, 2.05) is 25.1 Å². The van der Waals surface area contributed by atoms with Crippen molar-refractivity contribution in [2.45, 2.75) is 45.6 Å². The number of amides is 1. The molecule has 3 heterocycles. The molecule has 6 nitrogen and oxygen atoms in total. The van der Waals surface area contributed by atoms with E-state index < -0.39 is 5.60 Å². The minimum Gasteiger partial charge on any atom is -0.383 e. The van der Waals surface area contributed by atoms with Crippen LogP contribution >= 0.6 is 0 Å². The van der Waals surface area contributed by atoms with Gasteiger partial charge in [0.05, 0.1) is 5.69 Å². The molecule has 134 valence electrons. The summed E-state index contributed by atoms with van der Waals surface area (Å²) >= 11 is 0. The van der Waals surface area contributed by atoms with Crippen LogP contribution in [0.3, 0.4) is 0 Å². The lowest BCUT2D eigenvalue weighted by Gasteiger charge is -2.37. The van der Waals surface area contributed by atoms with Crippen molar-refractivity contribution in [2.75, 3.05) is 13.1 Å². The first-order valence-electron chi connectivity index (χ1n) is 8.86. The van der Waals surface area contributed by atoms with Crippen LogP contribution in [-0.2, 0) is 12.0 Å². The van der Waals surface area contributed by atoms with Gasteiger partial charge in [-0.25, -0.2) is 0 Å². The molecule has 1 fully saturated rings. The molecular formula is C19H26N4O2. The number of nitrogens with one attached hydrogen (secondary N) is 1. The van der Waals surface area contributed by atoms with E-state index in [2.05, 4.69) is 29.0 Å². The van der Waals surface area contributed by atoms with E-state index in [1.165, 1.54) is 0 Å². The van der Waals surface area contributed by atoms with Crippen molar-refractivity contribution in [3.8, 4) is 0 Å². The van der Waals surface area contributed by atoms with Gasteiger partial charge in [0.1, 0.15) is 11.3 Å². The van der Waals surface area contributed by atoms with Crippen molar-refractivity contribution in [3.05, 3.63) is 47.0 Å². The fourth-order valence-corrected chi connectivity index (χ4v) is 3.26. The molecule has 0 bridgehead atoms. The van der Waals surface area contributed by atoms with E-state index in [0.29, 0.717) is 43.2 Å². The number of aliphatic hydroxyl groups is 1. The Labute approximate surface area is 148 Å². The third kappa shape index (κ3) is 3.90. The van der Waals surface area contributed by atoms with E-state index in [0.717, 1.165) is 17.7 Å². The summed E-state index contributed by atoms with van der Waals surface area (Å²) in [6.45, 7) is 7.23. The number of aryl methyl sites for hydroxylation is 1. The van der Waals surface area contributed by atoms with E-state index in [1.54, 1.807) is 11.1 Å². The Balaban J connectivity index is 1.64. The number of pyridine rings is 1. The van der Waals surface area contributed by atoms with Crippen LogP contribution in [0.5, 0.6) is 0 Å². The number of H-pyrrole nitrogens is 1. The molecule has 3 rings (SSSR count). The zero-order chi connectivity index (χ0) is 18.0. The minimum absolute atomic E-state index is 0.0785. The second kappa shape index (κ2) is 6.96. The molecule has 0 aromatic carbocycles. The number of aromatic amines is 1. The number of hydrogen-bond acceptors (Lipinski definition) is 4. The van der Waals surface area contributed by atoms with E-state index in [-0.39, 0.29) is 5.91 Å². The topological polar surface area (TPSA) is 82.1 Å². The van der Waals surface area contributed by atoms with E-state index >= 15 is 0 Å². The molecule has 0 aliphatic carbocycles. The number of hydrogen-bond donors (Lipinski definition) is 2. The Bertz CT molecular complexity index is 728. The van der Waals surface area contributed by atoms with Gasteiger partial charge < -0.3 is 10.0 Å². The molecule has 2 N–H and O–H groups in total. The highest BCUT2D eigenvalue weighted by Gasteiger charge is 2.37. The SMILES string of the molecule is Cc1ccc(C2(O)CCN(C(=O)c3cc(CC(C)C)[nH]n3)CC2)nc1. The van der Waals surface area contributed by atoms with Crippen molar-refractivity contribution < 1.29 is 9.90 Å². The number of rotatable bonds is 4. The van der Waals surface area contributed by atoms with Crippen molar-refractivity contribution >= 4 is 5.91 Å². The number of aromatic nitrogens is 3. The molecular weight excluding hydrogens is 316 g/mol. The molecule has 0 spiro atoms. The van der Waals surface area contributed by atoms with Crippen LogP contribution in [0.25, 0.3) is 0 Å². The van der Waals surface area contributed by atoms with Crippen molar-refractivity contribution in [1.29, 1.82) is 0 Å². The van der Waals surface area contributed by atoms with Crippen LogP contribution in [0.2, 0.25) is 0 Å². The third-order valence-electron chi connectivity index (χ3n) is 4.74. The summed E-state index contributed by atoms with van der Waals surface area (Å²) in [4.78, 5) is 18.8. The van der Waals surface area contributed by atoms with Gasteiger partial charge in [-0.1, -0.05) is 19.9 Å². The first-order chi connectivity index (χ1) is 11.9. The van der Waals surface area contributed by atoms with Crippen LogP contribution in [0.1, 0.15) is 54.1 Å². The summed E-state index contributed by atoms with van der Waals surface area (Å²) in [6.07, 6.45) is 3.61. The molecule has 1 aliphatic heterocycles. The lowest BCUT2D eigenvalue weighted by molar-refractivity contribution is -0.0245. The standard InChI is InChI=1S/C19H26N4O2/c1-13(2)10-15-11-16(22-21-15)18(24)23-8-6-19(25,7-9-23)17-5-4-14(3)12-20-17/h4-5,11-13,25H,6-10H2,1-3H3,(H,21,22). The first kappa shape index (κ1) is 17.6. The largest absolute Gasteiger partial charge is 0.383 e. The maximum absolute atomic E-state index is 12.6. The monoisotopic (exact) mass is 342 g/mol. The molecule has 0 saturated carbocycles. The zero-order valence-corrected chi connectivity index (χ0v) is 15.1. The van der Waals surface area contributed by atoms with Crippen LogP contribution < -0.4 is 0 Å². The van der Waals surface area contributed by atoms with Gasteiger partial charge >= 0.3 is 0 Å². The molecule has 0 radical (unpaired) electrons. The average molecular weight is 342 g/mol. The van der Waals surface area contributed by atoms with E-state index in [4.69, 9.17) is 0 Å². The quantitative estimate of drug-likeness (QED) is 0.894. The smallest absolute Gasteiger partial charge is 0.274 e. The Morgan fingerprint density at radius 1 is 1.36 bits per heavy atom. The molecule has 6 heteroatoms. The number of nitrogens with zero attached hydrogens (tertiary/aromatic N) is 3. The second-order valence-corrected chi connectivity index (χ2v) is 7.42. The molecule has 1 saturated heterocycles. The molecule has 25 heavy (non-hydrogen) atoms. The fourth-order valence-electron chi connectivity index (χ4n) is 3.26. The highest BCUT2D eigenvalue weighted by Crippen LogP contribution is 2.32. The highest BCUT2D eigenvalue weighted by molar-refractivity contribution is 5.92. The third-order valence-corrected chi connectivity index (χ3v) is 4.74. The normalized spacial score (nSPS) is 17.1. The van der Waals surface area contributed by atoms with Gasteiger partial charge in [0.15, 0.2) is 0 Å². The molecule has 0 atom stereocenters.